The summed E-state index contributed by atoms with van der Waals surface area (Å²) in [6.07, 6.45) is 8.10. The van der Waals surface area contributed by atoms with Crippen molar-refractivity contribution in [3.05, 3.63) is 90.0 Å². The molecule has 3 heterocycles. The summed E-state index contributed by atoms with van der Waals surface area (Å²) < 4.78 is 13.5. The number of piperazine rings is 1. The van der Waals surface area contributed by atoms with E-state index in [2.05, 4.69) is 32.2 Å². The molecular formula is C38H44N8O5. The van der Waals surface area contributed by atoms with Crippen molar-refractivity contribution < 1.29 is 23.9 Å². The van der Waals surface area contributed by atoms with Gasteiger partial charge in [-0.05, 0) is 81.3 Å². The number of hydrogen-bond acceptors (Lipinski definition) is 8. The molecule has 1 aliphatic heterocycles. The number of unbranched alkanes of at least 4 members (excludes halogenated alkanes) is 2. The predicted octanol–water partition coefficient (Wildman–Crippen LogP) is 5.31. The number of likely N-dealkylation sites (N-methyl/N-ethyl adjacent to an activating group) is 1. The molecule has 0 spiro atoms. The lowest BCUT2D eigenvalue weighted by molar-refractivity contribution is -0.132. The molecule has 13 heteroatoms. The van der Waals surface area contributed by atoms with Crippen LogP contribution in [0.3, 0.4) is 0 Å². The number of para-hydroxylation sites is 1. The number of rotatable bonds is 13. The highest BCUT2D eigenvalue weighted by Crippen LogP contribution is 2.32. The van der Waals surface area contributed by atoms with Crippen LogP contribution in [0, 0.1) is 6.92 Å². The number of aromatic nitrogens is 4. The van der Waals surface area contributed by atoms with Gasteiger partial charge >= 0.3 is 0 Å². The number of hydrogen-bond donors (Lipinski definition) is 2. The van der Waals surface area contributed by atoms with Crippen molar-refractivity contribution in [2.75, 3.05) is 64.2 Å². The minimum Gasteiger partial charge on any atom is -0.496 e. The van der Waals surface area contributed by atoms with Crippen molar-refractivity contribution in [2.45, 2.75) is 32.6 Å². The number of nitrogens with one attached hydrogen (secondary N) is 2. The Balaban J connectivity index is 1.08. The van der Waals surface area contributed by atoms with E-state index in [1.54, 1.807) is 54.6 Å². The van der Waals surface area contributed by atoms with Gasteiger partial charge in [-0.2, -0.15) is 0 Å². The standard InChI is InChI=1S/C38H44N8O5/c1-26-12-15-31(33(23-26)51-22-7-5-6-11-34(47)45-20-18-43(2)19-21-45)44(3)37(49)27-13-14-28(32(24-27)50-4)36(48)40-29-9-8-10-30-35(29)42-38(41-30)46-17-16-39-25-46/h8-10,12-17,23-25H,5-7,11,18-22H2,1-4H3,(H,40,48)(H,41,42). The average molecular weight is 693 g/mol. The number of methoxy groups -OCH3 is 1. The maximum Gasteiger partial charge on any atom is 0.259 e. The second-order valence-electron chi connectivity index (χ2n) is 12.8. The van der Waals surface area contributed by atoms with Crippen molar-refractivity contribution in [1.82, 2.24) is 29.3 Å². The SMILES string of the molecule is COc1cc(C(=O)N(C)c2ccc(C)cc2OCCCCCC(=O)N2CCN(C)CC2)ccc1C(=O)Nc1cccc2[nH]c(-n3ccnc3)nc12. The van der Waals surface area contributed by atoms with Crippen LogP contribution in [0.15, 0.2) is 73.3 Å². The van der Waals surface area contributed by atoms with Gasteiger partial charge < -0.3 is 34.5 Å². The number of ether oxygens (including phenoxy) is 2. The van der Waals surface area contributed by atoms with Crippen LogP contribution in [0.2, 0.25) is 0 Å². The fourth-order valence-electron chi connectivity index (χ4n) is 6.10. The maximum absolute atomic E-state index is 13.8. The van der Waals surface area contributed by atoms with Crippen LogP contribution in [-0.2, 0) is 4.79 Å². The lowest BCUT2D eigenvalue weighted by Crippen LogP contribution is -2.47. The lowest BCUT2D eigenvalue weighted by Gasteiger charge is -2.32. The molecule has 0 aliphatic carbocycles. The molecule has 0 atom stereocenters. The van der Waals surface area contributed by atoms with Crippen LogP contribution in [0.4, 0.5) is 11.4 Å². The first-order valence-electron chi connectivity index (χ1n) is 17.2. The van der Waals surface area contributed by atoms with Gasteiger partial charge in [0.05, 0.1) is 36.2 Å². The zero-order valence-corrected chi connectivity index (χ0v) is 29.5. The number of H-pyrrole nitrogens is 1. The van der Waals surface area contributed by atoms with E-state index in [4.69, 9.17) is 9.47 Å². The zero-order chi connectivity index (χ0) is 35.9. The number of nitrogens with zero attached hydrogens (tertiary/aromatic N) is 6. The number of fused-ring (bicyclic) bond motifs is 1. The van der Waals surface area contributed by atoms with E-state index in [1.165, 1.54) is 12.0 Å². The monoisotopic (exact) mass is 692 g/mol. The Kier molecular flexibility index (Phi) is 11.0. The Morgan fingerprint density at radius 2 is 1.80 bits per heavy atom. The van der Waals surface area contributed by atoms with Crippen LogP contribution < -0.4 is 19.7 Å². The van der Waals surface area contributed by atoms with Gasteiger partial charge in [-0.25, -0.2) is 9.97 Å². The zero-order valence-electron chi connectivity index (χ0n) is 29.5. The summed E-state index contributed by atoms with van der Waals surface area (Å²) in [4.78, 5) is 57.5. The van der Waals surface area contributed by atoms with E-state index in [-0.39, 0.29) is 23.1 Å². The molecule has 2 N–H and O–H groups in total. The summed E-state index contributed by atoms with van der Waals surface area (Å²) in [6.45, 7) is 5.88. The van der Waals surface area contributed by atoms with Crippen LogP contribution in [-0.4, -0.2) is 101 Å². The van der Waals surface area contributed by atoms with Crippen molar-refractivity contribution in [1.29, 1.82) is 0 Å². The Bertz CT molecular complexity index is 2000. The fourth-order valence-corrected chi connectivity index (χ4v) is 6.10. The third-order valence-corrected chi connectivity index (χ3v) is 9.12. The van der Waals surface area contributed by atoms with Gasteiger partial charge in [-0.15, -0.1) is 0 Å². The molecule has 6 rings (SSSR count). The third kappa shape index (κ3) is 8.21. The molecule has 1 saturated heterocycles. The minimum atomic E-state index is -0.406. The summed E-state index contributed by atoms with van der Waals surface area (Å²) in [5.74, 6) is 0.961. The van der Waals surface area contributed by atoms with Gasteiger partial charge in [0.2, 0.25) is 11.9 Å². The first kappa shape index (κ1) is 35.1. The molecule has 5 aromatic rings. The highest BCUT2D eigenvalue weighted by Gasteiger charge is 2.22. The summed E-state index contributed by atoms with van der Waals surface area (Å²) >= 11 is 0. The fraction of sp³-hybridized carbons (Fsp3) is 0.342. The van der Waals surface area contributed by atoms with Gasteiger partial charge in [0.1, 0.15) is 23.3 Å². The van der Waals surface area contributed by atoms with E-state index in [1.807, 2.05) is 42.2 Å². The number of amides is 3. The Labute approximate surface area is 297 Å². The number of aromatic amines is 1. The van der Waals surface area contributed by atoms with Gasteiger partial charge in [0.25, 0.3) is 11.8 Å². The van der Waals surface area contributed by atoms with E-state index < -0.39 is 5.91 Å². The largest absolute Gasteiger partial charge is 0.496 e. The number of aryl methyl sites for hydroxylation is 1. The summed E-state index contributed by atoms with van der Waals surface area (Å²) in [6, 6.07) is 16.0. The molecule has 1 aliphatic rings. The van der Waals surface area contributed by atoms with Crippen molar-refractivity contribution in [3.63, 3.8) is 0 Å². The van der Waals surface area contributed by atoms with Gasteiger partial charge in [0, 0.05) is 57.6 Å². The first-order valence-corrected chi connectivity index (χ1v) is 17.2. The minimum absolute atomic E-state index is 0.225. The molecule has 3 aromatic carbocycles. The van der Waals surface area contributed by atoms with E-state index in [0.717, 1.165) is 56.5 Å². The Morgan fingerprint density at radius 3 is 2.57 bits per heavy atom. The summed E-state index contributed by atoms with van der Waals surface area (Å²) in [7, 11) is 5.24. The summed E-state index contributed by atoms with van der Waals surface area (Å²) in [5.41, 5.74) is 4.11. The molecule has 2 aromatic heterocycles. The number of imidazole rings is 2. The topological polar surface area (TPSA) is 138 Å². The number of anilines is 2. The lowest BCUT2D eigenvalue weighted by atomic mass is 10.1. The average Bonchev–Trinajstić information content (AvgIpc) is 3.84. The molecule has 0 unspecified atom stereocenters. The van der Waals surface area contributed by atoms with Crippen molar-refractivity contribution >= 4 is 40.1 Å². The van der Waals surface area contributed by atoms with Crippen molar-refractivity contribution in [3.8, 4) is 17.4 Å². The number of carbonyl (C=O) groups excluding carboxylic acids is 3. The van der Waals surface area contributed by atoms with Crippen LogP contribution in [0.5, 0.6) is 11.5 Å². The first-order chi connectivity index (χ1) is 24.7. The predicted molar refractivity (Wildman–Crippen MR) is 196 cm³/mol. The molecule has 3 amide bonds. The van der Waals surface area contributed by atoms with E-state index in [0.29, 0.717) is 47.2 Å². The Hall–Kier alpha value is -5.69. The van der Waals surface area contributed by atoms with Crippen LogP contribution in [0.25, 0.3) is 17.0 Å². The molecule has 266 valence electrons. The molecule has 0 bridgehead atoms. The second kappa shape index (κ2) is 15.9. The quantitative estimate of drug-likeness (QED) is 0.159. The van der Waals surface area contributed by atoms with Gasteiger partial charge in [-0.1, -0.05) is 12.1 Å². The van der Waals surface area contributed by atoms with Gasteiger partial charge in [0.15, 0.2) is 0 Å². The molecular weight excluding hydrogens is 648 g/mol. The highest BCUT2D eigenvalue weighted by atomic mass is 16.5. The van der Waals surface area contributed by atoms with Gasteiger partial charge in [-0.3, -0.25) is 19.0 Å². The van der Waals surface area contributed by atoms with Crippen LogP contribution >= 0.6 is 0 Å². The highest BCUT2D eigenvalue weighted by molar-refractivity contribution is 6.11. The smallest absolute Gasteiger partial charge is 0.259 e. The van der Waals surface area contributed by atoms with Crippen molar-refractivity contribution in [2.24, 2.45) is 0 Å². The maximum atomic E-state index is 13.8. The van der Waals surface area contributed by atoms with E-state index >= 15 is 0 Å². The molecule has 13 nitrogen and oxygen atoms in total. The molecule has 0 saturated carbocycles. The normalized spacial score (nSPS) is 13.3. The third-order valence-electron chi connectivity index (χ3n) is 9.12. The Morgan fingerprint density at radius 1 is 0.980 bits per heavy atom. The number of benzene rings is 3. The number of carbonyl (C=O) groups is 3. The van der Waals surface area contributed by atoms with Crippen LogP contribution in [0.1, 0.15) is 52.0 Å². The second-order valence-corrected chi connectivity index (χ2v) is 12.8. The molecule has 1 fully saturated rings. The van der Waals surface area contributed by atoms with E-state index in [9.17, 15) is 14.4 Å². The molecule has 0 radical (unpaired) electrons. The molecule has 51 heavy (non-hydrogen) atoms. The summed E-state index contributed by atoms with van der Waals surface area (Å²) in [5, 5.41) is 2.94.